The van der Waals surface area contributed by atoms with E-state index in [1.165, 1.54) is 30.4 Å². The van der Waals surface area contributed by atoms with E-state index >= 15 is 0 Å². The summed E-state index contributed by atoms with van der Waals surface area (Å²) in [6.07, 6.45) is 4.86. The number of rotatable bonds is 8. The normalized spacial score (nSPS) is 17.3. The maximum atomic E-state index is 5.96. The van der Waals surface area contributed by atoms with Gasteiger partial charge in [0.1, 0.15) is 12.4 Å². The number of likely N-dealkylation sites (tertiary alicyclic amines) is 1. The highest BCUT2D eigenvalue weighted by molar-refractivity contribution is 5.83. The molecule has 5 nitrogen and oxygen atoms in total. The largest absolute Gasteiger partial charge is 0.489 e. The molecule has 1 aliphatic rings. The summed E-state index contributed by atoms with van der Waals surface area (Å²) in [5.41, 5.74) is 9.34. The number of guanidine groups is 1. The molecule has 1 fully saturated rings. The van der Waals surface area contributed by atoms with Gasteiger partial charge in [-0.3, -0.25) is 0 Å². The Labute approximate surface area is 194 Å². The van der Waals surface area contributed by atoms with Gasteiger partial charge in [0.25, 0.3) is 0 Å². The molecular weight excluding hydrogens is 396 g/mol. The number of nitrogens with one attached hydrogen (secondary N) is 1. The SMILES string of the molecule is CCC1CCCCN1/C(=N\c1ccc(OCc2ccc(C)cc2)cc1)NCC(C)(C)CN. The van der Waals surface area contributed by atoms with Gasteiger partial charge < -0.3 is 20.7 Å². The van der Waals surface area contributed by atoms with Crippen LogP contribution in [-0.4, -0.2) is 36.5 Å². The van der Waals surface area contributed by atoms with Crippen LogP contribution >= 0.6 is 0 Å². The first-order valence-electron chi connectivity index (χ1n) is 12.0. The molecular formula is C27H40N4O. The van der Waals surface area contributed by atoms with Crippen LogP contribution in [0.25, 0.3) is 0 Å². The monoisotopic (exact) mass is 436 g/mol. The van der Waals surface area contributed by atoms with Crippen LogP contribution in [0, 0.1) is 12.3 Å². The fraction of sp³-hybridized carbons (Fsp3) is 0.519. The van der Waals surface area contributed by atoms with Gasteiger partial charge in [-0.25, -0.2) is 4.99 Å². The second kappa shape index (κ2) is 11.4. The molecule has 0 amide bonds. The minimum Gasteiger partial charge on any atom is -0.489 e. The first-order valence-corrected chi connectivity index (χ1v) is 12.0. The zero-order chi connectivity index (χ0) is 23.0. The Hall–Kier alpha value is -2.53. The molecule has 3 rings (SSSR count). The number of benzene rings is 2. The lowest BCUT2D eigenvalue weighted by atomic mass is 9.94. The summed E-state index contributed by atoms with van der Waals surface area (Å²) in [6.45, 7) is 11.8. The number of ether oxygens (including phenoxy) is 1. The number of nitrogens with two attached hydrogens (primary N) is 1. The van der Waals surface area contributed by atoms with Gasteiger partial charge in [0.2, 0.25) is 0 Å². The zero-order valence-corrected chi connectivity index (χ0v) is 20.2. The molecule has 0 saturated carbocycles. The summed E-state index contributed by atoms with van der Waals surface area (Å²) in [4.78, 5) is 7.48. The van der Waals surface area contributed by atoms with E-state index < -0.39 is 0 Å². The number of piperidine rings is 1. The van der Waals surface area contributed by atoms with Crippen molar-refractivity contribution in [2.75, 3.05) is 19.6 Å². The van der Waals surface area contributed by atoms with Gasteiger partial charge in [-0.05, 0) is 74.4 Å². The molecule has 174 valence electrons. The quantitative estimate of drug-likeness (QED) is 0.430. The van der Waals surface area contributed by atoms with Crippen LogP contribution in [0.5, 0.6) is 5.75 Å². The Bertz CT molecular complexity index is 858. The number of hydrogen-bond acceptors (Lipinski definition) is 3. The molecule has 0 aromatic heterocycles. The van der Waals surface area contributed by atoms with Crippen LogP contribution in [0.2, 0.25) is 0 Å². The minimum atomic E-state index is 0.0198. The van der Waals surface area contributed by atoms with Crippen LogP contribution in [0.15, 0.2) is 53.5 Å². The zero-order valence-electron chi connectivity index (χ0n) is 20.2. The smallest absolute Gasteiger partial charge is 0.199 e. The summed E-state index contributed by atoms with van der Waals surface area (Å²) in [5, 5.41) is 3.62. The Morgan fingerprint density at radius 1 is 1.12 bits per heavy atom. The molecule has 1 saturated heterocycles. The van der Waals surface area contributed by atoms with E-state index in [4.69, 9.17) is 15.5 Å². The van der Waals surface area contributed by atoms with E-state index in [-0.39, 0.29) is 5.41 Å². The highest BCUT2D eigenvalue weighted by Crippen LogP contribution is 2.24. The van der Waals surface area contributed by atoms with E-state index in [1.807, 2.05) is 24.3 Å². The van der Waals surface area contributed by atoms with Gasteiger partial charge in [0, 0.05) is 19.1 Å². The number of hydrogen-bond donors (Lipinski definition) is 2. The van der Waals surface area contributed by atoms with Crippen molar-refractivity contribution in [3.63, 3.8) is 0 Å². The number of aryl methyl sites for hydroxylation is 1. The molecule has 5 heteroatoms. The highest BCUT2D eigenvalue weighted by atomic mass is 16.5. The van der Waals surface area contributed by atoms with Crippen molar-refractivity contribution in [2.45, 2.75) is 66.0 Å². The summed E-state index contributed by atoms with van der Waals surface area (Å²) in [6, 6.07) is 17.0. The molecule has 32 heavy (non-hydrogen) atoms. The fourth-order valence-electron chi connectivity index (χ4n) is 3.89. The Balaban J connectivity index is 1.72. The van der Waals surface area contributed by atoms with Crippen LogP contribution < -0.4 is 15.8 Å². The summed E-state index contributed by atoms with van der Waals surface area (Å²) in [7, 11) is 0. The molecule has 3 N–H and O–H groups in total. The molecule has 0 aliphatic carbocycles. The van der Waals surface area contributed by atoms with Crippen molar-refractivity contribution < 1.29 is 4.74 Å². The van der Waals surface area contributed by atoms with Gasteiger partial charge >= 0.3 is 0 Å². The lowest BCUT2D eigenvalue weighted by Gasteiger charge is -2.38. The average Bonchev–Trinajstić information content (AvgIpc) is 2.82. The van der Waals surface area contributed by atoms with Crippen molar-refractivity contribution in [1.29, 1.82) is 0 Å². The molecule has 2 aromatic rings. The lowest BCUT2D eigenvalue weighted by molar-refractivity contribution is 0.225. The van der Waals surface area contributed by atoms with E-state index in [9.17, 15) is 0 Å². The van der Waals surface area contributed by atoms with Gasteiger partial charge in [-0.2, -0.15) is 0 Å². The molecule has 0 bridgehead atoms. The average molecular weight is 437 g/mol. The minimum absolute atomic E-state index is 0.0198. The maximum absolute atomic E-state index is 5.96. The lowest BCUT2D eigenvalue weighted by Crippen LogP contribution is -2.51. The topological polar surface area (TPSA) is 62.9 Å². The van der Waals surface area contributed by atoms with E-state index in [2.05, 4.69) is 62.2 Å². The van der Waals surface area contributed by atoms with Gasteiger partial charge in [0.05, 0.1) is 5.69 Å². The van der Waals surface area contributed by atoms with Gasteiger partial charge in [0.15, 0.2) is 5.96 Å². The summed E-state index contributed by atoms with van der Waals surface area (Å²) < 4.78 is 5.96. The van der Waals surface area contributed by atoms with Crippen molar-refractivity contribution in [1.82, 2.24) is 10.2 Å². The van der Waals surface area contributed by atoms with Crippen LogP contribution in [-0.2, 0) is 6.61 Å². The third-order valence-corrected chi connectivity index (χ3v) is 6.25. The van der Waals surface area contributed by atoms with Crippen LogP contribution in [0.3, 0.4) is 0 Å². The Morgan fingerprint density at radius 3 is 2.50 bits per heavy atom. The predicted octanol–water partition coefficient (Wildman–Crippen LogP) is 5.40. The Morgan fingerprint density at radius 2 is 1.84 bits per heavy atom. The maximum Gasteiger partial charge on any atom is 0.199 e. The third kappa shape index (κ3) is 6.99. The van der Waals surface area contributed by atoms with Crippen molar-refractivity contribution >= 4 is 11.6 Å². The van der Waals surface area contributed by atoms with Gasteiger partial charge in [-0.15, -0.1) is 0 Å². The van der Waals surface area contributed by atoms with Gasteiger partial charge in [-0.1, -0.05) is 50.6 Å². The van der Waals surface area contributed by atoms with Crippen molar-refractivity contribution in [3.05, 3.63) is 59.7 Å². The standard InChI is InChI=1S/C27H40N4O/c1-5-24-8-6-7-17-31(24)26(29-20-27(3,4)19-28)30-23-13-15-25(16-14-23)32-18-22-11-9-21(2)10-12-22/h9-16,24H,5-8,17-20,28H2,1-4H3,(H,29,30). The van der Waals surface area contributed by atoms with Crippen molar-refractivity contribution in [2.24, 2.45) is 16.1 Å². The molecule has 1 heterocycles. The molecule has 1 aliphatic heterocycles. The third-order valence-electron chi connectivity index (χ3n) is 6.25. The molecule has 1 atom stereocenters. The second-order valence-electron chi connectivity index (χ2n) is 9.68. The molecule has 1 unspecified atom stereocenters. The molecule has 0 radical (unpaired) electrons. The van der Waals surface area contributed by atoms with Crippen molar-refractivity contribution in [3.8, 4) is 5.75 Å². The fourth-order valence-corrected chi connectivity index (χ4v) is 3.89. The van der Waals surface area contributed by atoms with E-state index in [0.717, 1.165) is 36.9 Å². The van der Waals surface area contributed by atoms with E-state index in [0.29, 0.717) is 19.2 Å². The molecule has 2 aromatic carbocycles. The Kier molecular flexibility index (Phi) is 8.57. The molecule has 0 spiro atoms. The highest BCUT2D eigenvalue weighted by Gasteiger charge is 2.25. The van der Waals surface area contributed by atoms with Crippen LogP contribution in [0.4, 0.5) is 5.69 Å². The summed E-state index contributed by atoms with van der Waals surface area (Å²) in [5.74, 6) is 1.82. The first-order chi connectivity index (χ1) is 15.4. The van der Waals surface area contributed by atoms with Crippen LogP contribution in [0.1, 0.15) is 57.6 Å². The van der Waals surface area contributed by atoms with E-state index in [1.54, 1.807) is 0 Å². The number of nitrogens with zero attached hydrogens (tertiary/aromatic N) is 2. The summed E-state index contributed by atoms with van der Waals surface area (Å²) >= 11 is 0. The first kappa shape index (κ1) is 24.1. The second-order valence-corrected chi connectivity index (χ2v) is 9.68. The number of aliphatic imine (C=N–C) groups is 1. The predicted molar refractivity (Wildman–Crippen MR) is 135 cm³/mol.